The van der Waals surface area contributed by atoms with Crippen molar-refractivity contribution in [3.63, 3.8) is 0 Å². The van der Waals surface area contributed by atoms with Gasteiger partial charge in [-0.3, -0.25) is 0 Å². The van der Waals surface area contributed by atoms with E-state index in [0.29, 0.717) is 0 Å². The molecule has 2 aromatic carbocycles. The van der Waals surface area contributed by atoms with Crippen LogP contribution in [-0.4, -0.2) is 12.8 Å². The highest BCUT2D eigenvalue weighted by Gasteiger charge is 2.26. The van der Waals surface area contributed by atoms with Gasteiger partial charge >= 0.3 is 0 Å². The fourth-order valence-electron chi connectivity index (χ4n) is 3.16. The number of nitrogens with zero attached hydrogens (tertiary/aromatic N) is 1. The van der Waals surface area contributed by atoms with Crippen LogP contribution in [-0.2, 0) is 4.84 Å². The van der Waals surface area contributed by atoms with Crippen LogP contribution < -0.4 is 0 Å². The van der Waals surface area contributed by atoms with E-state index in [9.17, 15) is 0 Å². The maximum atomic E-state index is 5.32. The van der Waals surface area contributed by atoms with Gasteiger partial charge in [-0.1, -0.05) is 53.7 Å². The number of benzene rings is 2. The first-order valence-corrected chi connectivity index (χ1v) is 7.85. The van der Waals surface area contributed by atoms with Crippen LogP contribution in [0.15, 0.2) is 70.6 Å². The van der Waals surface area contributed by atoms with E-state index in [-0.39, 0.29) is 0 Å². The lowest BCUT2D eigenvalue weighted by Gasteiger charge is -2.23. The number of hydrogen-bond donors (Lipinski definition) is 0. The summed E-state index contributed by atoms with van der Waals surface area (Å²) in [6.07, 6.45) is 5.63. The molecule has 0 saturated carbocycles. The predicted molar refractivity (Wildman–Crippen MR) is 96.7 cm³/mol. The second-order valence-corrected chi connectivity index (χ2v) is 5.78. The van der Waals surface area contributed by atoms with E-state index in [4.69, 9.17) is 9.25 Å². The predicted octanol–water partition coefficient (Wildman–Crippen LogP) is 5.16. The molecule has 0 bridgehead atoms. The van der Waals surface area contributed by atoms with Crippen molar-refractivity contribution >= 4 is 17.4 Å². The van der Waals surface area contributed by atoms with Crippen LogP contribution in [0.5, 0.6) is 0 Å². The van der Waals surface area contributed by atoms with Crippen molar-refractivity contribution in [3.8, 4) is 11.1 Å². The van der Waals surface area contributed by atoms with Crippen molar-refractivity contribution in [2.45, 2.75) is 6.92 Å². The van der Waals surface area contributed by atoms with Crippen LogP contribution in [0.1, 0.15) is 22.3 Å². The molecule has 0 N–H and O–H groups in total. The van der Waals surface area contributed by atoms with Gasteiger partial charge in [-0.15, -0.1) is 0 Å². The minimum Gasteiger partial charge on any atom is -0.472 e. The first-order valence-electron chi connectivity index (χ1n) is 7.85. The van der Waals surface area contributed by atoms with Gasteiger partial charge in [0.2, 0.25) is 0 Å². The number of fused-ring (bicyclic) bond motifs is 3. The van der Waals surface area contributed by atoms with Crippen LogP contribution in [0.3, 0.4) is 0 Å². The van der Waals surface area contributed by atoms with E-state index in [1.165, 1.54) is 11.1 Å². The van der Waals surface area contributed by atoms with Gasteiger partial charge in [0.1, 0.15) is 12.8 Å². The molecule has 0 aliphatic heterocycles. The summed E-state index contributed by atoms with van der Waals surface area (Å²) in [5, 5.41) is 4.33. The highest BCUT2D eigenvalue weighted by Crippen LogP contribution is 2.40. The summed E-state index contributed by atoms with van der Waals surface area (Å²) in [5.74, 6) is 0. The average molecular weight is 315 g/mol. The Labute approximate surface area is 140 Å². The van der Waals surface area contributed by atoms with Crippen molar-refractivity contribution < 1.29 is 9.25 Å². The Morgan fingerprint density at radius 3 is 2.12 bits per heavy atom. The Morgan fingerprint density at radius 1 is 0.875 bits per heavy atom. The third kappa shape index (κ3) is 2.26. The zero-order chi connectivity index (χ0) is 16.5. The monoisotopic (exact) mass is 315 g/mol. The van der Waals surface area contributed by atoms with E-state index < -0.39 is 0 Å². The minimum absolute atomic E-state index is 0.840. The average Bonchev–Trinajstić information content (AvgIpc) is 3.03. The van der Waals surface area contributed by atoms with Gasteiger partial charge in [0.25, 0.3) is 0 Å². The lowest BCUT2D eigenvalue weighted by molar-refractivity contribution is 0.214. The summed E-state index contributed by atoms with van der Waals surface area (Å²) in [7, 11) is 1.58. The molecule has 0 saturated heterocycles. The van der Waals surface area contributed by atoms with Crippen molar-refractivity contribution in [1.29, 1.82) is 0 Å². The topological polar surface area (TPSA) is 34.7 Å². The molecule has 0 radical (unpaired) electrons. The summed E-state index contributed by atoms with van der Waals surface area (Å²) >= 11 is 0. The molecule has 4 rings (SSSR count). The van der Waals surface area contributed by atoms with Crippen molar-refractivity contribution in [1.82, 2.24) is 0 Å². The lowest BCUT2D eigenvalue weighted by Crippen LogP contribution is -2.13. The number of hydrogen-bond acceptors (Lipinski definition) is 3. The molecule has 0 spiro atoms. The molecule has 24 heavy (non-hydrogen) atoms. The summed E-state index contributed by atoms with van der Waals surface area (Å²) in [4.78, 5) is 5.16. The van der Waals surface area contributed by atoms with Crippen LogP contribution in [0.2, 0.25) is 0 Å². The smallest absolute Gasteiger partial charge is 0.118 e. The van der Waals surface area contributed by atoms with Gasteiger partial charge in [-0.05, 0) is 35.3 Å². The van der Waals surface area contributed by atoms with Crippen LogP contribution in [0.25, 0.3) is 22.8 Å². The third-order valence-corrected chi connectivity index (χ3v) is 4.32. The van der Waals surface area contributed by atoms with Gasteiger partial charge in [-0.25, -0.2) is 0 Å². The van der Waals surface area contributed by atoms with Gasteiger partial charge in [0.05, 0.1) is 12.5 Å². The second-order valence-electron chi connectivity index (χ2n) is 5.78. The maximum absolute atomic E-state index is 5.32. The number of rotatable bonds is 2. The van der Waals surface area contributed by atoms with Gasteiger partial charge in [0, 0.05) is 16.7 Å². The normalized spacial score (nSPS) is 16.1. The van der Waals surface area contributed by atoms with Gasteiger partial charge in [0.15, 0.2) is 0 Å². The largest absolute Gasteiger partial charge is 0.472 e. The Kier molecular flexibility index (Phi) is 3.54. The first-order chi connectivity index (χ1) is 11.8. The molecular formula is C21H17NO2. The number of furan rings is 1. The molecule has 1 heterocycles. The summed E-state index contributed by atoms with van der Waals surface area (Å²) in [6, 6.07) is 16.7. The van der Waals surface area contributed by atoms with E-state index in [0.717, 1.165) is 33.5 Å². The zero-order valence-corrected chi connectivity index (χ0v) is 13.6. The van der Waals surface area contributed by atoms with Gasteiger partial charge in [-0.2, -0.15) is 0 Å². The molecule has 0 amide bonds. The summed E-state index contributed by atoms with van der Waals surface area (Å²) < 4.78 is 5.32. The highest BCUT2D eigenvalue weighted by molar-refractivity contribution is 6.39. The van der Waals surface area contributed by atoms with Crippen molar-refractivity contribution in [2.24, 2.45) is 5.16 Å². The molecule has 1 aromatic heterocycles. The fourth-order valence-corrected chi connectivity index (χ4v) is 3.16. The molecular weight excluding hydrogens is 298 g/mol. The second kappa shape index (κ2) is 5.85. The third-order valence-electron chi connectivity index (χ3n) is 4.32. The molecule has 0 atom stereocenters. The molecule has 1 aliphatic carbocycles. The Bertz CT molecular complexity index is 963. The highest BCUT2D eigenvalue weighted by atomic mass is 16.6. The number of oxime groups is 1. The van der Waals surface area contributed by atoms with Crippen LogP contribution >= 0.6 is 0 Å². The first kappa shape index (κ1) is 14.5. The van der Waals surface area contributed by atoms with E-state index in [1.54, 1.807) is 19.6 Å². The number of aryl methyl sites for hydroxylation is 1. The molecule has 3 heteroatoms. The molecule has 1 aliphatic rings. The molecule has 3 nitrogen and oxygen atoms in total. The summed E-state index contributed by atoms with van der Waals surface area (Å²) in [5.41, 5.74) is 8.61. The standard InChI is InChI=1S/C21H17NO2/c1-14-12-24-13-15(14)11-20-18-9-4-3-7-16(18)17-8-5-6-10-19(17)21(20)22-23-2/h3-13H,1-2H3/b20-11+,22-21+. The maximum Gasteiger partial charge on any atom is 0.118 e. The molecule has 0 fully saturated rings. The van der Waals surface area contributed by atoms with Crippen LogP contribution in [0.4, 0.5) is 0 Å². The number of allylic oxidation sites excluding steroid dienone is 1. The molecule has 0 unspecified atom stereocenters. The summed E-state index contributed by atoms with van der Waals surface area (Å²) in [6.45, 7) is 2.03. The van der Waals surface area contributed by atoms with Crippen molar-refractivity contribution in [3.05, 3.63) is 83.3 Å². The van der Waals surface area contributed by atoms with E-state index in [1.807, 2.05) is 19.1 Å². The van der Waals surface area contributed by atoms with Gasteiger partial charge < -0.3 is 9.25 Å². The SMILES string of the molecule is CO/N=C1/C(=C/c2cocc2C)c2ccccc2-c2ccccc21. The quantitative estimate of drug-likeness (QED) is 0.612. The van der Waals surface area contributed by atoms with Crippen LogP contribution in [0, 0.1) is 6.92 Å². The Hall–Kier alpha value is -3.07. The zero-order valence-electron chi connectivity index (χ0n) is 13.6. The van der Waals surface area contributed by atoms with E-state index >= 15 is 0 Å². The molecule has 3 aromatic rings. The molecule has 118 valence electrons. The Morgan fingerprint density at radius 2 is 1.50 bits per heavy atom. The van der Waals surface area contributed by atoms with E-state index in [2.05, 4.69) is 47.6 Å². The Balaban J connectivity index is 2.04. The minimum atomic E-state index is 0.840. The fraction of sp³-hybridized carbons (Fsp3) is 0.0952. The van der Waals surface area contributed by atoms with Crippen molar-refractivity contribution in [2.75, 3.05) is 7.11 Å². The lowest BCUT2D eigenvalue weighted by atomic mass is 9.80.